The van der Waals surface area contributed by atoms with Crippen LogP contribution in [0.25, 0.3) is 0 Å². The minimum atomic E-state index is -5.59. The number of alkyl halides is 3. The van der Waals surface area contributed by atoms with E-state index in [0.717, 1.165) is 17.0 Å². The van der Waals surface area contributed by atoms with E-state index in [1.54, 1.807) is 11.1 Å². The summed E-state index contributed by atoms with van der Waals surface area (Å²) in [5.74, 6) is -1.13. The number of pyridine rings is 1. The number of hydrazine groups is 1. The minimum absolute atomic E-state index is 0.100. The predicted octanol–water partition coefficient (Wildman–Crippen LogP) is 2.10. The van der Waals surface area contributed by atoms with Gasteiger partial charge in [-0.2, -0.15) is 13.2 Å². The number of ether oxygens (including phenoxy) is 1. The van der Waals surface area contributed by atoms with E-state index in [0.29, 0.717) is 44.0 Å². The zero-order chi connectivity index (χ0) is 27.9. The Morgan fingerprint density at radius 3 is 2.34 bits per heavy atom. The highest BCUT2D eigenvalue weighted by molar-refractivity contribution is 7.92. The minimum Gasteiger partial charge on any atom is -0.379 e. The van der Waals surface area contributed by atoms with Crippen molar-refractivity contribution in [2.45, 2.75) is 36.3 Å². The molecule has 0 atom stereocenters. The van der Waals surface area contributed by atoms with E-state index >= 15 is 0 Å². The standard InChI is InChI=1S/C23H24F3N5O6S/c1-22(2)20(33)31(16-3-5-17(6-4-16)38(35,36)23(24,25)26)21(34)30(22)14-15-7-8-27-13-18(15)19(32)28-29-9-11-37-12-10-29/h3-8,13H,9-12,14H2,1-2H3,(H,28,32). The van der Waals surface area contributed by atoms with Crippen molar-refractivity contribution in [2.24, 2.45) is 0 Å². The number of carbonyl (C=O) groups excluding carboxylic acids is 3. The number of amides is 4. The maximum Gasteiger partial charge on any atom is 0.501 e. The van der Waals surface area contributed by atoms with Crippen LogP contribution in [0.4, 0.5) is 23.7 Å². The average Bonchev–Trinajstić information content (AvgIpc) is 3.03. The third kappa shape index (κ3) is 4.96. The average molecular weight is 556 g/mol. The third-order valence-corrected chi connectivity index (χ3v) is 7.79. The summed E-state index contributed by atoms with van der Waals surface area (Å²) in [6, 6.07) is 4.05. The number of morpholine rings is 1. The molecule has 11 nitrogen and oxygen atoms in total. The van der Waals surface area contributed by atoms with Gasteiger partial charge in [-0.1, -0.05) is 0 Å². The van der Waals surface area contributed by atoms with E-state index in [-0.39, 0.29) is 17.8 Å². The molecule has 1 aromatic heterocycles. The highest BCUT2D eigenvalue weighted by Gasteiger charge is 2.52. The fourth-order valence-electron chi connectivity index (χ4n) is 4.05. The Labute approximate surface area is 216 Å². The van der Waals surface area contributed by atoms with Crippen molar-refractivity contribution in [3.8, 4) is 0 Å². The number of hydrogen-bond donors (Lipinski definition) is 1. The number of anilines is 1. The van der Waals surface area contributed by atoms with E-state index in [2.05, 4.69) is 10.4 Å². The summed E-state index contributed by atoms with van der Waals surface area (Å²) < 4.78 is 67.2. The fraction of sp³-hybridized carbons (Fsp3) is 0.391. The lowest BCUT2D eigenvalue weighted by atomic mass is 10.0. The van der Waals surface area contributed by atoms with E-state index in [1.807, 2.05) is 0 Å². The Balaban J connectivity index is 1.58. The largest absolute Gasteiger partial charge is 0.501 e. The molecule has 2 aliphatic heterocycles. The second-order valence-corrected chi connectivity index (χ2v) is 11.0. The molecule has 3 heterocycles. The third-order valence-electron chi connectivity index (χ3n) is 6.29. The fourth-order valence-corrected chi connectivity index (χ4v) is 4.81. The molecule has 4 amide bonds. The second kappa shape index (κ2) is 9.96. The Kier molecular flexibility index (Phi) is 7.20. The quantitative estimate of drug-likeness (QED) is 0.537. The molecule has 0 bridgehead atoms. The lowest BCUT2D eigenvalue weighted by Gasteiger charge is -2.29. The van der Waals surface area contributed by atoms with Crippen LogP contribution in [0.15, 0.2) is 47.6 Å². The van der Waals surface area contributed by atoms with E-state index < -0.39 is 43.6 Å². The summed E-state index contributed by atoms with van der Waals surface area (Å²) in [6.07, 6.45) is 2.78. The maximum absolute atomic E-state index is 13.4. The van der Waals surface area contributed by atoms with Gasteiger partial charge in [0, 0.05) is 32.0 Å². The van der Waals surface area contributed by atoms with Gasteiger partial charge in [0.25, 0.3) is 21.7 Å². The Morgan fingerprint density at radius 2 is 1.74 bits per heavy atom. The van der Waals surface area contributed by atoms with Gasteiger partial charge in [-0.15, -0.1) is 0 Å². The van der Waals surface area contributed by atoms with Gasteiger partial charge in [0.1, 0.15) is 5.54 Å². The normalized spacial score (nSPS) is 18.7. The molecule has 2 fully saturated rings. The van der Waals surface area contributed by atoms with Crippen molar-refractivity contribution in [3.05, 3.63) is 53.9 Å². The molecule has 15 heteroatoms. The van der Waals surface area contributed by atoms with E-state index in [1.165, 1.54) is 31.1 Å². The smallest absolute Gasteiger partial charge is 0.379 e. The van der Waals surface area contributed by atoms with Crippen LogP contribution < -0.4 is 10.3 Å². The summed E-state index contributed by atoms with van der Waals surface area (Å²) in [7, 11) is -5.59. The molecule has 0 aliphatic carbocycles. The molecule has 0 spiro atoms. The van der Waals surface area contributed by atoms with E-state index in [4.69, 9.17) is 4.74 Å². The molecule has 0 unspecified atom stereocenters. The molecule has 0 radical (unpaired) electrons. The lowest BCUT2D eigenvalue weighted by Crippen LogP contribution is -2.48. The van der Waals surface area contributed by atoms with Gasteiger partial charge in [-0.3, -0.25) is 20.0 Å². The number of sulfone groups is 1. The monoisotopic (exact) mass is 555 g/mol. The highest BCUT2D eigenvalue weighted by atomic mass is 32.2. The zero-order valence-electron chi connectivity index (χ0n) is 20.4. The zero-order valence-corrected chi connectivity index (χ0v) is 21.2. The van der Waals surface area contributed by atoms with Crippen LogP contribution in [0.1, 0.15) is 29.8 Å². The Bertz CT molecular complexity index is 1360. The number of imide groups is 1. The van der Waals surface area contributed by atoms with Crippen molar-refractivity contribution in [1.29, 1.82) is 0 Å². The SMILES string of the molecule is CC1(C)C(=O)N(c2ccc(S(=O)(=O)C(F)(F)F)cc2)C(=O)N1Cc1ccncc1C(=O)NN1CCOCC1. The predicted molar refractivity (Wildman–Crippen MR) is 126 cm³/mol. The first-order valence-electron chi connectivity index (χ1n) is 11.4. The van der Waals surface area contributed by atoms with Gasteiger partial charge in [-0.05, 0) is 49.7 Å². The van der Waals surface area contributed by atoms with Crippen LogP contribution in [-0.4, -0.2) is 78.5 Å². The lowest BCUT2D eigenvalue weighted by molar-refractivity contribution is -0.123. The number of hydrogen-bond acceptors (Lipinski definition) is 8. The number of nitrogens with one attached hydrogen (secondary N) is 1. The van der Waals surface area contributed by atoms with Crippen molar-refractivity contribution >= 4 is 33.4 Å². The van der Waals surface area contributed by atoms with Crippen molar-refractivity contribution in [2.75, 3.05) is 31.2 Å². The Hall–Kier alpha value is -3.56. The maximum atomic E-state index is 13.4. The number of rotatable bonds is 6. The summed E-state index contributed by atoms with van der Waals surface area (Å²) in [5.41, 5.74) is -3.62. The van der Waals surface area contributed by atoms with Gasteiger partial charge >= 0.3 is 11.5 Å². The molecule has 204 valence electrons. The van der Waals surface area contributed by atoms with Gasteiger partial charge in [0.15, 0.2) is 0 Å². The summed E-state index contributed by atoms with van der Waals surface area (Å²) in [4.78, 5) is 44.5. The molecule has 1 N–H and O–H groups in total. The number of carbonyl (C=O) groups is 3. The van der Waals surface area contributed by atoms with Crippen LogP contribution >= 0.6 is 0 Å². The first kappa shape index (κ1) is 27.5. The molecule has 0 saturated carbocycles. The molecular formula is C23H24F3N5O6S. The van der Waals surface area contributed by atoms with E-state index in [9.17, 15) is 36.0 Å². The number of halogens is 3. The van der Waals surface area contributed by atoms with Crippen molar-refractivity contribution < 1.29 is 40.7 Å². The van der Waals surface area contributed by atoms with Gasteiger partial charge < -0.3 is 9.64 Å². The first-order valence-corrected chi connectivity index (χ1v) is 12.9. The van der Waals surface area contributed by atoms with Crippen molar-refractivity contribution in [1.82, 2.24) is 20.3 Å². The number of benzene rings is 1. The molecule has 2 aliphatic rings. The highest BCUT2D eigenvalue weighted by Crippen LogP contribution is 2.35. The molecule has 2 aromatic rings. The summed E-state index contributed by atoms with van der Waals surface area (Å²) >= 11 is 0. The van der Waals surface area contributed by atoms with Gasteiger partial charge in [0.05, 0.1) is 29.4 Å². The first-order chi connectivity index (χ1) is 17.7. The van der Waals surface area contributed by atoms with Gasteiger partial charge in [-0.25, -0.2) is 23.1 Å². The molecule has 2 saturated heterocycles. The molecular weight excluding hydrogens is 531 g/mol. The summed E-state index contributed by atoms with van der Waals surface area (Å²) in [6.45, 7) is 4.73. The van der Waals surface area contributed by atoms with Crippen LogP contribution in [0.5, 0.6) is 0 Å². The van der Waals surface area contributed by atoms with Gasteiger partial charge in [0.2, 0.25) is 0 Å². The molecule has 4 rings (SSSR count). The molecule has 1 aromatic carbocycles. The number of nitrogens with zero attached hydrogens (tertiary/aromatic N) is 4. The number of urea groups is 1. The molecule has 38 heavy (non-hydrogen) atoms. The van der Waals surface area contributed by atoms with Crippen LogP contribution in [0.3, 0.4) is 0 Å². The Morgan fingerprint density at radius 1 is 1.11 bits per heavy atom. The van der Waals surface area contributed by atoms with Crippen LogP contribution in [0.2, 0.25) is 0 Å². The topological polar surface area (TPSA) is 129 Å². The van der Waals surface area contributed by atoms with Crippen LogP contribution in [0, 0.1) is 0 Å². The van der Waals surface area contributed by atoms with Crippen molar-refractivity contribution in [3.63, 3.8) is 0 Å². The number of aromatic nitrogens is 1. The van der Waals surface area contributed by atoms with Crippen LogP contribution in [-0.2, 0) is 25.9 Å². The summed E-state index contributed by atoms with van der Waals surface area (Å²) in [5, 5.41) is 1.70. The second-order valence-electron chi connectivity index (χ2n) is 9.08.